The third-order valence-corrected chi connectivity index (χ3v) is 2.74. The molecule has 2 N–H and O–H groups in total. The third kappa shape index (κ3) is 3.83. The molecular weight excluding hydrogens is 170 g/mol. The average Bonchev–Trinajstić information content (AvgIpc) is 2.36. The molecule has 0 bridgehead atoms. The highest BCUT2D eigenvalue weighted by molar-refractivity contribution is 7.98. The minimum atomic E-state index is -0.0861. The smallest absolute Gasteiger partial charge is 0.113 e. The van der Waals surface area contributed by atoms with Gasteiger partial charge in [-0.1, -0.05) is 0 Å². The number of nitrogens with two attached hydrogens (primary N) is 1. The topological polar surface area (TPSA) is 39.2 Å². The molecule has 0 aliphatic carbocycles. The van der Waals surface area contributed by atoms with E-state index >= 15 is 0 Å². The molecule has 0 saturated carbocycles. The van der Waals surface area contributed by atoms with Crippen LogP contribution in [0.15, 0.2) is 22.8 Å². The zero-order valence-corrected chi connectivity index (χ0v) is 8.36. The Morgan fingerprint density at radius 2 is 2.33 bits per heavy atom. The van der Waals surface area contributed by atoms with Crippen LogP contribution in [-0.2, 0) is 5.75 Å². The van der Waals surface area contributed by atoms with Gasteiger partial charge in [-0.25, -0.2) is 0 Å². The standard InChI is InChI=1S/C9H15NOS/c1-9(2,10)7-12-6-8-4-3-5-11-8/h3-5H,6-7,10H2,1-2H3. The molecule has 0 unspecified atom stereocenters. The number of furan rings is 1. The molecule has 0 spiro atoms. The van der Waals surface area contributed by atoms with Crippen molar-refractivity contribution in [2.24, 2.45) is 5.73 Å². The summed E-state index contributed by atoms with van der Waals surface area (Å²) in [7, 11) is 0. The fourth-order valence-electron chi connectivity index (χ4n) is 0.809. The van der Waals surface area contributed by atoms with Crippen LogP contribution >= 0.6 is 11.8 Å². The summed E-state index contributed by atoms with van der Waals surface area (Å²) in [5.74, 6) is 2.88. The van der Waals surface area contributed by atoms with Gasteiger partial charge < -0.3 is 10.2 Å². The van der Waals surface area contributed by atoms with Gasteiger partial charge in [0.05, 0.1) is 12.0 Å². The quantitative estimate of drug-likeness (QED) is 0.782. The molecule has 0 aliphatic rings. The van der Waals surface area contributed by atoms with Gasteiger partial charge in [-0.05, 0) is 26.0 Å². The molecule has 0 aliphatic heterocycles. The van der Waals surface area contributed by atoms with E-state index in [-0.39, 0.29) is 5.54 Å². The Kier molecular flexibility index (Phi) is 3.23. The molecule has 68 valence electrons. The summed E-state index contributed by atoms with van der Waals surface area (Å²) >= 11 is 1.80. The SMILES string of the molecule is CC(C)(N)CSCc1ccco1. The average molecular weight is 185 g/mol. The van der Waals surface area contributed by atoms with Crippen molar-refractivity contribution in [2.45, 2.75) is 25.1 Å². The van der Waals surface area contributed by atoms with Crippen LogP contribution in [0.25, 0.3) is 0 Å². The van der Waals surface area contributed by atoms with Gasteiger partial charge in [0.15, 0.2) is 0 Å². The van der Waals surface area contributed by atoms with Crippen LogP contribution in [0, 0.1) is 0 Å². The summed E-state index contributed by atoms with van der Waals surface area (Å²) in [6, 6.07) is 3.89. The monoisotopic (exact) mass is 185 g/mol. The Bertz CT molecular complexity index is 213. The van der Waals surface area contributed by atoms with Crippen molar-refractivity contribution < 1.29 is 4.42 Å². The third-order valence-electron chi connectivity index (χ3n) is 1.30. The Morgan fingerprint density at radius 1 is 1.58 bits per heavy atom. The van der Waals surface area contributed by atoms with Crippen LogP contribution in [0.1, 0.15) is 19.6 Å². The normalized spacial score (nSPS) is 11.9. The molecule has 12 heavy (non-hydrogen) atoms. The van der Waals surface area contributed by atoms with Gasteiger partial charge in [0, 0.05) is 11.3 Å². The fourth-order valence-corrected chi connectivity index (χ4v) is 1.80. The van der Waals surface area contributed by atoms with E-state index in [1.165, 1.54) is 0 Å². The molecule has 2 nitrogen and oxygen atoms in total. The largest absolute Gasteiger partial charge is 0.468 e. The van der Waals surface area contributed by atoms with Gasteiger partial charge in [0.2, 0.25) is 0 Å². The van der Waals surface area contributed by atoms with E-state index in [1.807, 2.05) is 26.0 Å². The molecular formula is C9H15NOS. The summed E-state index contributed by atoms with van der Waals surface area (Å²) < 4.78 is 5.19. The fraction of sp³-hybridized carbons (Fsp3) is 0.556. The van der Waals surface area contributed by atoms with E-state index in [2.05, 4.69) is 0 Å². The lowest BCUT2D eigenvalue weighted by atomic mass is 10.1. The summed E-state index contributed by atoms with van der Waals surface area (Å²) in [6.45, 7) is 4.06. The molecule has 0 saturated heterocycles. The van der Waals surface area contributed by atoms with Crippen molar-refractivity contribution in [3.05, 3.63) is 24.2 Å². The Labute approximate surface area is 77.5 Å². The molecule has 3 heteroatoms. The highest BCUT2D eigenvalue weighted by Crippen LogP contribution is 2.16. The first-order valence-corrected chi connectivity index (χ1v) is 5.12. The van der Waals surface area contributed by atoms with Gasteiger partial charge >= 0.3 is 0 Å². The van der Waals surface area contributed by atoms with Crippen LogP contribution in [0.2, 0.25) is 0 Å². The second kappa shape index (κ2) is 4.01. The lowest BCUT2D eigenvalue weighted by molar-refractivity contribution is 0.529. The van der Waals surface area contributed by atoms with E-state index in [9.17, 15) is 0 Å². The van der Waals surface area contributed by atoms with E-state index in [1.54, 1.807) is 18.0 Å². The number of hydrogen-bond donors (Lipinski definition) is 1. The van der Waals surface area contributed by atoms with Crippen molar-refractivity contribution in [3.8, 4) is 0 Å². The minimum Gasteiger partial charge on any atom is -0.468 e. The predicted octanol–water partition coefficient (Wildman–Crippen LogP) is 2.25. The molecule has 0 fully saturated rings. The van der Waals surface area contributed by atoms with E-state index in [0.29, 0.717) is 0 Å². The maximum Gasteiger partial charge on any atom is 0.113 e. The van der Waals surface area contributed by atoms with Crippen LogP contribution in [-0.4, -0.2) is 11.3 Å². The van der Waals surface area contributed by atoms with E-state index in [4.69, 9.17) is 10.2 Å². The maximum absolute atomic E-state index is 5.82. The van der Waals surface area contributed by atoms with Gasteiger partial charge in [0.1, 0.15) is 5.76 Å². The summed E-state index contributed by atoms with van der Waals surface area (Å²) in [6.07, 6.45) is 1.70. The molecule has 0 radical (unpaired) electrons. The Balaban J connectivity index is 2.20. The molecule has 1 rings (SSSR count). The second-order valence-corrected chi connectivity index (χ2v) is 4.55. The number of rotatable bonds is 4. The van der Waals surface area contributed by atoms with E-state index < -0.39 is 0 Å². The van der Waals surface area contributed by atoms with Crippen molar-refractivity contribution in [2.75, 3.05) is 5.75 Å². The van der Waals surface area contributed by atoms with Crippen molar-refractivity contribution >= 4 is 11.8 Å². The number of hydrogen-bond acceptors (Lipinski definition) is 3. The molecule has 1 aromatic rings. The lowest BCUT2D eigenvalue weighted by Gasteiger charge is -2.16. The van der Waals surface area contributed by atoms with Gasteiger partial charge in [0.25, 0.3) is 0 Å². The zero-order valence-electron chi connectivity index (χ0n) is 7.54. The molecule has 0 atom stereocenters. The number of thioether (sulfide) groups is 1. The zero-order chi connectivity index (χ0) is 9.03. The Hall–Kier alpha value is -0.410. The molecule has 0 aromatic carbocycles. The Morgan fingerprint density at radius 3 is 2.83 bits per heavy atom. The summed E-state index contributed by atoms with van der Waals surface area (Å²) in [4.78, 5) is 0. The van der Waals surface area contributed by atoms with Crippen molar-refractivity contribution in [1.29, 1.82) is 0 Å². The van der Waals surface area contributed by atoms with Gasteiger partial charge in [-0.3, -0.25) is 0 Å². The van der Waals surface area contributed by atoms with Crippen LogP contribution in [0.5, 0.6) is 0 Å². The van der Waals surface area contributed by atoms with Crippen molar-refractivity contribution in [3.63, 3.8) is 0 Å². The molecule has 1 aromatic heterocycles. The van der Waals surface area contributed by atoms with E-state index in [0.717, 1.165) is 17.3 Å². The highest BCUT2D eigenvalue weighted by atomic mass is 32.2. The summed E-state index contributed by atoms with van der Waals surface area (Å²) in [5, 5.41) is 0. The lowest BCUT2D eigenvalue weighted by Crippen LogP contribution is -2.34. The highest BCUT2D eigenvalue weighted by Gasteiger charge is 2.10. The summed E-state index contributed by atoms with van der Waals surface area (Å²) in [5.41, 5.74) is 5.74. The first-order valence-electron chi connectivity index (χ1n) is 3.97. The van der Waals surface area contributed by atoms with Crippen LogP contribution < -0.4 is 5.73 Å². The predicted molar refractivity (Wildman–Crippen MR) is 53.1 cm³/mol. The first-order chi connectivity index (χ1) is 5.58. The van der Waals surface area contributed by atoms with Crippen LogP contribution in [0.3, 0.4) is 0 Å². The minimum absolute atomic E-state index is 0.0861. The first kappa shape index (κ1) is 9.68. The van der Waals surface area contributed by atoms with Crippen LogP contribution in [0.4, 0.5) is 0 Å². The van der Waals surface area contributed by atoms with Crippen molar-refractivity contribution in [1.82, 2.24) is 0 Å². The molecule has 0 amide bonds. The van der Waals surface area contributed by atoms with Gasteiger partial charge in [-0.15, -0.1) is 0 Å². The molecule has 1 heterocycles. The van der Waals surface area contributed by atoms with Gasteiger partial charge in [-0.2, -0.15) is 11.8 Å². The second-order valence-electron chi connectivity index (χ2n) is 3.56. The maximum atomic E-state index is 5.82.